The van der Waals surface area contributed by atoms with Crippen molar-refractivity contribution in [2.24, 2.45) is 0 Å². The highest BCUT2D eigenvalue weighted by atomic mass is 35.5. The van der Waals surface area contributed by atoms with Gasteiger partial charge in [-0.2, -0.15) is 0 Å². The molecule has 0 amide bonds. The molecule has 0 atom stereocenters. The number of hydrogen-bond donors (Lipinski definition) is 2. The van der Waals surface area contributed by atoms with Gasteiger partial charge in [0.2, 0.25) is 0 Å². The molecule has 0 saturated heterocycles. The molecule has 0 spiro atoms. The van der Waals surface area contributed by atoms with E-state index in [0.29, 0.717) is 10.0 Å². The Hall–Kier alpha value is -1.58. The van der Waals surface area contributed by atoms with Crippen molar-refractivity contribution >= 4 is 34.6 Å². The number of unbranched alkanes of at least 4 members (excludes halogenated alkanes) is 3. The molecule has 0 fully saturated rings. The number of rotatable bonds is 11. The van der Waals surface area contributed by atoms with Gasteiger partial charge >= 0.3 is 0 Å². The monoisotopic (exact) mass is 380 g/mol. The normalized spacial score (nSPS) is 10.5. The molecule has 136 valence electrons. The Morgan fingerprint density at radius 1 is 0.920 bits per heavy atom. The van der Waals surface area contributed by atoms with Gasteiger partial charge in [-0.3, -0.25) is 0 Å². The van der Waals surface area contributed by atoms with E-state index >= 15 is 0 Å². The van der Waals surface area contributed by atoms with E-state index in [-0.39, 0.29) is 0 Å². The first-order chi connectivity index (χ1) is 12.2. The summed E-state index contributed by atoms with van der Waals surface area (Å²) in [6.45, 7) is 4.49. The highest BCUT2D eigenvalue weighted by Gasteiger charge is 2.01. The largest absolute Gasteiger partial charge is 0.494 e. The van der Waals surface area contributed by atoms with E-state index in [2.05, 4.69) is 17.6 Å². The first-order valence-corrected chi connectivity index (χ1v) is 9.60. The lowest BCUT2D eigenvalue weighted by molar-refractivity contribution is 0.305. The number of hydrogen-bond acceptors (Lipinski definition) is 3. The second kappa shape index (κ2) is 11.1. The van der Waals surface area contributed by atoms with Gasteiger partial charge in [-0.1, -0.05) is 55.5 Å². The van der Waals surface area contributed by atoms with Crippen molar-refractivity contribution in [1.82, 2.24) is 0 Å². The topological polar surface area (TPSA) is 33.3 Å². The lowest BCUT2D eigenvalue weighted by Crippen LogP contribution is -2.13. The van der Waals surface area contributed by atoms with Crippen molar-refractivity contribution in [3.63, 3.8) is 0 Å². The maximum Gasteiger partial charge on any atom is 0.121 e. The number of halogens is 2. The molecule has 2 rings (SSSR count). The summed E-state index contributed by atoms with van der Waals surface area (Å²) in [5.74, 6) is 0.910. The minimum Gasteiger partial charge on any atom is -0.494 e. The van der Waals surface area contributed by atoms with Crippen LogP contribution in [-0.4, -0.2) is 19.7 Å². The summed E-state index contributed by atoms with van der Waals surface area (Å²) < 4.78 is 5.81. The van der Waals surface area contributed by atoms with Crippen molar-refractivity contribution < 1.29 is 4.74 Å². The lowest BCUT2D eigenvalue weighted by atomic mass is 10.2. The molecule has 2 aromatic rings. The van der Waals surface area contributed by atoms with Crippen molar-refractivity contribution in [3.05, 3.63) is 52.5 Å². The van der Waals surface area contributed by atoms with Gasteiger partial charge in [-0.15, -0.1) is 0 Å². The van der Waals surface area contributed by atoms with Crippen LogP contribution in [0.3, 0.4) is 0 Å². The quantitative estimate of drug-likeness (QED) is 0.437. The predicted octanol–water partition coefficient (Wildman–Crippen LogP) is 6.48. The maximum absolute atomic E-state index is 6.13. The summed E-state index contributed by atoms with van der Waals surface area (Å²) in [4.78, 5) is 0. The van der Waals surface area contributed by atoms with Crippen LogP contribution in [0.1, 0.15) is 32.6 Å². The molecule has 0 unspecified atom stereocenters. The van der Waals surface area contributed by atoms with E-state index < -0.39 is 0 Å². The number of nitrogens with one attached hydrogen (secondary N) is 2. The molecular formula is C20H26Cl2N2O. The molecule has 25 heavy (non-hydrogen) atoms. The summed E-state index contributed by atoms with van der Waals surface area (Å²) in [5, 5.41) is 8.00. The summed E-state index contributed by atoms with van der Waals surface area (Å²) in [7, 11) is 0. The zero-order chi connectivity index (χ0) is 17.9. The van der Waals surface area contributed by atoms with E-state index in [4.69, 9.17) is 27.9 Å². The summed E-state index contributed by atoms with van der Waals surface area (Å²) in [6.07, 6.45) is 4.85. The van der Waals surface area contributed by atoms with Crippen LogP contribution < -0.4 is 15.4 Å². The molecule has 0 saturated carbocycles. The fourth-order valence-electron chi connectivity index (χ4n) is 2.45. The second-order valence-electron chi connectivity index (χ2n) is 5.91. The van der Waals surface area contributed by atoms with Crippen LogP contribution in [0.4, 0.5) is 11.4 Å². The summed E-state index contributed by atoms with van der Waals surface area (Å²) in [5.41, 5.74) is 1.89. The first kappa shape index (κ1) is 19.7. The Bertz CT molecular complexity index is 649. The Balaban J connectivity index is 1.71. The molecular weight excluding hydrogens is 355 g/mol. The number of ether oxygens (including phenoxy) is 1. The molecule has 0 aromatic heterocycles. The Labute approximate surface area is 160 Å². The molecule has 0 aliphatic rings. The summed E-state index contributed by atoms with van der Waals surface area (Å²) in [6, 6.07) is 13.5. The predicted molar refractivity (Wildman–Crippen MR) is 110 cm³/mol. The van der Waals surface area contributed by atoms with Crippen LogP contribution in [0.5, 0.6) is 5.75 Å². The molecule has 0 heterocycles. The van der Waals surface area contributed by atoms with Gasteiger partial charge in [0.15, 0.2) is 0 Å². The van der Waals surface area contributed by atoms with E-state index in [1.54, 1.807) is 12.1 Å². The first-order valence-electron chi connectivity index (χ1n) is 8.84. The Kier molecular flexibility index (Phi) is 8.78. The van der Waals surface area contributed by atoms with E-state index in [0.717, 1.165) is 43.2 Å². The lowest BCUT2D eigenvalue weighted by Gasteiger charge is -2.12. The van der Waals surface area contributed by atoms with Crippen molar-refractivity contribution in [1.29, 1.82) is 0 Å². The van der Waals surface area contributed by atoms with Crippen LogP contribution in [0.25, 0.3) is 0 Å². The zero-order valence-electron chi connectivity index (χ0n) is 14.7. The molecule has 0 aliphatic carbocycles. The van der Waals surface area contributed by atoms with Gasteiger partial charge < -0.3 is 15.4 Å². The minimum atomic E-state index is 0.669. The van der Waals surface area contributed by atoms with Crippen LogP contribution >= 0.6 is 23.2 Å². The maximum atomic E-state index is 6.13. The average molecular weight is 381 g/mol. The zero-order valence-corrected chi connectivity index (χ0v) is 16.2. The van der Waals surface area contributed by atoms with Gasteiger partial charge in [0.25, 0.3) is 0 Å². The molecule has 3 nitrogen and oxygen atoms in total. The van der Waals surface area contributed by atoms with Gasteiger partial charge in [0, 0.05) is 29.9 Å². The van der Waals surface area contributed by atoms with Gasteiger partial charge in [0.05, 0.1) is 17.3 Å². The third-order valence-electron chi connectivity index (χ3n) is 3.80. The fraction of sp³-hybridized carbons (Fsp3) is 0.400. The Morgan fingerprint density at radius 2 is 1.76 bits per heavy atom. The standard InChI is InChI=1S/C20H26Cl2N2O/c1-2-3-4-5-13-25-18-8-6-7-17(15-18)23-11-12-24-20-14-16(21)9-10-19(20)22/h6-10,14-15,23-24H,2-5,11-13H2,1H3. The van der Waals surface area contributed by atoms with E-state index in [1.165, 1.54) is 19.3 Å². The average Bonchev–Trinajstić information content (AvgIpc) is 2.62. The third-order valence-corrected chi connectivity index (χ3v) is 4.36. The van der Waals surface area contributed by atoms with E-state index in [1.807, 2.05) is 30.3 Å². The summed E-state index contributed by atoms with van der Waals surface area (Å²) >= 11 is 12.1. The molecule has 0 radical (unpaired) electrons. The smallest absolute Gasteiger partial charge is 0.121 e. The van der Waals surface area contributed by atoms with Gasteiger partial charge in [0.1, 0.15) is 5.75 Å². The molecule has 2 N–H and O–H groups in total. The van der Waals surface area contributed by atoms with Crippen molar-refractivity contribution in [2.45, 2.75) is 32.6 Å². The van der Waals surface area contributed by atoms with Gasteiger partial charge in [-0.05, 0) is 36.8 Å². The van der Waals surface area contributed by atoms with Crippen LogP contribution in [0.2, 0.25) is 10.0 Å². The Morgan fingerprint density at radius 3 is 2.60 bits per heavy atom. The molecule has 2 aromatic carbocycles. The highest BCUT2D eigenvalue weighted by molar-refractivity contribution is 6.35. The number of benzene rings is 2. The van der Waals surface area contributed by atoms with Crippen molar-refractivity contribution in [2.75, 3.05) is 30.3 Å². The third kappa shape index (κ3) is 7.45. The van der Waals surface area contributed by atoms with Gasteiger partial charge in [-0.25, -0.2) is 0 Å². The van der Waals surface area contributed by atoms with Crippen LogP contribution in [-0.2, 0) is 0 Å². The molecule has 0 bridgehead atoms. The van der Waals surface area contributed by atoms with E-state index in [9.17, 15) is 0 Å². The SMILES string of the molecule is CCCCCCOc1cccc(NCCNc2cc(Cl)ccc2Cl)c1. The fourth-order valence-corrected chi connectivity index (χ4v) is 2.81. The second-order valence-corrected chi connectivity index (χ2v) is 6.76. The highest BCUT2D eigenvalue weighted by Crippen LogP contribution is 2.25. The molecule has 5 heteroatoms. The molecule has 0 aliphatic heterocycles. The van der Waals surface area contributed by atoms with Crippen LogP contribution in [0, 0.1) is 0 Å². The van der Waals surface area contributed by atoms with Crippen molar-refractivity contribution in [3.8, 4) is 5.75 Å². The van der Waals surface area contributed by atoms with Crippen LogP contribution in [0.15, 0.2) is 42.5 Å². The number of anilines is 2. The minimum absolute atomic E-state index is 0.669.